The maximum Gasteiger partial charge on any atom is 0.254 e. The first-order valence-corrected chi connectivity index (χ1v) is 7.77. The summed E-state index contributed by atoms with van der Waals surface area (Å²) in [6.45, 7) is 6.40. The Balaban J connectivity index is 2.06. The Hall–Kier alpha value is -2.81. The van der Waals surface area contributed by atoms with Crippen molar-refractivity contribution >= 4 is 16.4 Å². The summed E-state index contributed by atoms with van der Waals surface area (Å²) in [7, 11) is 0. The molecule has 3 nitrogen and oxygen atoms in total. The Kier molecular flexibility index (Phi) is 2.91. The van der Waals surface area contributed by atoms with Crippen LogP contribution in [-0.2, 0) is 0 Å². The molecule has 0 unspecified atom stereocenters. The maximum atomic E-state index is 10.3. The number of aromatic nitrogens is 2. The highest BCUT2D eigenvalue weighted by molar-refractivity contribution is 5.87. The van der Waals surface area contributed by atoms with Crippen LogP contribution in [0.15, 0.2) is 55.0 Å². The van der Waals surface area contributed by atoms with Gasteiger partial charge in [-0.3, -0.25) is 0 Å². The smallest absolute Gasteiger partial charge is 0.254 e. The zero-order chi connectivity index (χ0) is 16.1. The maximum absolute atomic E-state index is 10.3. The molecule has 2 aromatic heterocycles. The highest BCUT2D eigenvalue weighted by Gasteiger charge is 2.17. The molecule has 114 valence electrons. The van der Waals surface area contributed by atoms with Gasteiger partial charge in [0.15, 0.2) is 16.8 Å². The van der Waals surface area contributed by atoms with Crippen LogP contribution in [0.1, 0.15) is 16.7 Å². The molecule has 0 fully saturated rings. The molecule has 0 atom stereocenters. The van der Waals surface area contributed by atoms with Gasteiger partial charge >= 0.3 is 0 Å². The summed E-state index contributed by atoms with van der Waals surface area (Å²) in [6, 6.07) is 14.1. The van der Waals surface area contributed by atoms with Crippen LogP contribution >= 0.6 is 0 Å². The third-order valence-corrected chi connectivity index (χ3v) is 4.40. The predicted molar refractivity (Wildman–Crippen MR) is 92.3 cm³/mol. The van der Waals surface area contributed by atoms with E-state index >= 15 is 0 Å². The van der Waals surface area contributed by atoms with Crippen molar-refractivity contribution in [1.29, 1.82) is 0 Å². The fourth-order valence-electron chi connectivity index (χ4n) is 3.56. The Labute approximate surface area is 135 Å². The van der Waals surface area contributed by atoms with Gasteiger partial charge in [-0.25, -0.2) is 4.57 Å². The molecular formula is C20H19N2O+. The molecular weight excluding hydrogens is 284 g/mol. The molecule has 0 aliphatic rings. The van der Waals surface area contributed by atoms with E-state index in [1.54, 1.807) is 6.07 Å². The molecule has 0 saturated carbocycles. The van der Waals surface area contributed by atoms with Crippen LogP contribution in [-0.4, -0.2) is 9.51 Å². The molecule has 0 amide bonds. The number of aromatic hydroxyl groups is 1. The molecule has 2 heterocycles. The number of phenolic OH excluding ortho intramolecular Hbond substituents is 1. The van der Waals surface area contributed by atoms with Crippen molar-refractivity contribution in [2.75, 3.05) is 0 Å². The fraction of sp³-hybridized carbons (Fsp3) is 0.150. The molecule has 4 rings (SSSR count). The number of nitrogens with zero attached hydrogens (tertiary/aromatic N) is 2. The van der Waals surface area contributed by atoms with Crippen molar-refractivity contribution in [3.8, 4) is 11.4 Å². The molecule has 0 aliphatic heterocycles. The Morgan fingerprint density at radius 2 is 1.70 bits per heavy atom. The number of para-hydroxylation sites is 1. The van der Waals surface area contributed by atoms with Crippen LogP contribution < -0.4 is 4.57 Å². The summed E-state index contributed by atoms with van der Waals surface area (Å²) in [6.07, 6.45) is 4.15. The summed E-state index contributed by atoms with van der Waals surface area (Å²) in [5, 5.41) is 11.3. The Bertz CT molecular complexity index is 1040. The van der Waals surface area contributed by atoms with Crippen molar-refractivity contribution in [1.82, 2.24) is 4.40 Å². The number of phenols is 1. The minimum atomic E-state index is 0.299. The normalized spacial score (nSPS) is 11.4. The summed E-state index contributed by atoms with van der Waals surface area (Å²) >= 11 is 0. The minimum absolute atomic E-state index is 0.299. The van der Waals surface area contributed by atoms with E-state index in [2.05, 4.69) is 49.7 Å². The summed E-state index contributed by atoms with van der Waals surface area (Å²) in [5.41, 5.74) is 6.86. The van der Waals surface area contributed by atoms with Gasteiger partial charge in [0.05, 0.1) is 0 Å². The van der Waals surface area contributed by atoms with Gasteiger partial charge in [-0.1, -0.05) is 29.8 Å². The number of hydrogen-bond acceptors (Lipinski definition) is 1. The van der Waals surface area contributed by atoms with Gasteiger partial charge in [0.2, 0.25) is 0 Å². The van der Waals surface area contributed by atoms with Crippen molar-refractivity contribution in [3.63, 3.8) is 0 Å². The molecule has 2 aromatic carbocycles. The molecule has 0 saturated heterocycles. The number of hydrogen-bond donors (Lipinski definition) is 1. The fourth-order valence-corrected chi connectivity index (χ4v) is 3.56. The molecule has 0 spiro atoms. The first-order chi connectivity index (χ1) is 11.0. The lowest BCUT2D eigenvalue weighted by molar-refractivity contribution is -0.594. The van der Waals surface area contributed by atoms with E-state index in [1.165, 1.54) is 22.4 Å². The van der Waals surface area contributed by atoms with Crippen molar-refractivity contribution in [2.45, 2.75) is 20.8 Å². The standard InChI is InChI=1S/C20H18N2O/c1-13-9-14(2)19(15(3)10-13)21-11-17-8-7-16-5-4-6-18(23)20(16)22(17)12-21/h4-12H,1-3H3/p+1. The van der Waals surface area contributed by atoms with Crippen molar-refractivity contribution < 1.29 is 9.67 Å². The second kappa shape index (κ2) is 4.85. The van der Waals surface area contributed by atoms with Crippen molar-refractivity contribution in [3.05, 3.63) is 71.7 Å². The van der Waals surface area contributed by atoms with Crippen LogP contribution in [0.25, 0.3) is 22.1 Å². The van der Waals surface area contributed by atoms with Gasteiger partial charge in [0, 0.05) is 5.39 Å². The number of pyridine rings is 1. The lowest BCUT2D eigenvalue weighted by Gasteiger charge is -2.06. The number of aryl methyl sites for hydroxylation is 3. The van der Waals surface area contributed by atoms with Crippen molar-refractivity contribution in [2.24, 2.45) is 0 Å². The number of benzene rings is 2. The van der Waals surface area contributed by atoms with Gasteiger partial charge in [0.1, 0.15) is 11.9 Å². The largest absolute Gasteiger partial charge is 0.504 e. The molecule has 0 bridgehead atoms. The van der Waals surface area contributed by atoms with Crippen LogP contribution in [0.3, 0.4) is 0 Å². The van der Waals surface area contributed by atoms with E-state index in [1.807, 2.05) is 28.9 Å². The predicted octanol–water partition coefficient (Wildman–Crippen LogP) is 4.00. The van der Waals surface area contributed by atoms with Gasteiger partial charge in [-0.05, 0) is 50.1 Å². The van der Waals surface area contributed by atoms with Gasteiger partial charge < -0.3 is 5.11 Å². The average Bonchev–Trinajstić information content (AvgIpc) is 2.89. The zero-order valence-corrected chi connectivity index (χ0v) is 13.5. The number of imidazole rings is 1. The third-order valence-electron chi connectivity index (χ3n) is 4.40. The van der Waals surface area contributed by atoms with E-state index in [-0.39, 0.29) is 0 Å². The zero-order valence-electron chi connectivity index (χ0n) is 13.5. The first-order valence-electron chi connectivity index (χ1n) is 7.77. The molecule has 23 heavy (non-hydrogen) atoms. The topological polar surface area (TPSA) is 28.5 Å². The first kappa shape index (κ1) is 13.8. The SMILES string of the molecule is Cc1cc(C)c(-[n+]2cc3ccc4cccc(O)c4n3c2)c(C)c1. The molecule has 0 aliphatic carbocycles. The molecule has 0 radical (unpaired) electrons. The summed E-state index contributed by atoms with van der Waals surface area (Å²) < 4.78 is 4.19. The van der Waals surface area contributed by atoms with Crippen LogP contribution in [0.4, 0.5) is 0 Å². The Morgan fingerprint density at radius 3 is 2.43 bits per heavy atom. The van der Waals surface area contributed by atoms with E-state index in [0.29, 0.717) is 5.75 Å². The second-order valence-corrected chi connectivity index (χ2v) is 6.24. The summed E-state index contributed by atoms with van der Waals surface area (Å²) in [4.78, 5) is 0. The lowest BCUT2D eigenvalue weighted by atomic mass is 10.1. The monoisotopic (exact) mass is 303 g/mol. The highest BCUT2D eigenvalue weighted by atomic mass is 16.3. The molecule has 1 N–H and O–H groups in total. The van der Waals surface area contributed by atoms with E-state index in [9.17, 15) is 5.11 Å². The van der Waals surface area contributed by atoms with Gasteiger partial charge in [-0.2, -0.15) is 4.40 Å². The quantitative estimate of drug-likeness (QED) is 0.529. The molecule has 3 heteroatoms. The van der Waals surface area contributed by atoms with Crippen LogP contribution in [0, 0.1) is 20.8 Å². The van der Waals surface area contributed by atoms with E-state index in [4.69, 9.17) is 0 Å². The minimum Gasteiger partial charge on any atom is -0.504 e. The van der Waals surface area contributed by atoms with E-state index < -0.39 is 0 Å². The summed E-state index contributed by atoms with van der Waals surface area (Å²) in [5.74, 6) is 0.299. The van der Waals surface area contributed by atoms with Gasteiger partial charge in [0.25, 0.3) is 6.33 Å². The Morgan fingerprint density at radius 1 is 0.957 bits per heavy atom. The van der Waals surface area contributed by atoms with Crippen LogP contribution in [0.5, 0.6) is 5.75 Å². The lowest BCUT2D eigenvalue weighted by Crippen LogP contribution is -2.29. The van der Waals surface area contributed by atoms with E-state index in [0.717, 1.165) is 16.4 Å². The number of rotatable bonds is 1. The molecule has 4 aromatic rings. The average molecular weight is 303 g/mol. The van der Waals surface area contributed by atoms with Crippen LogP contribution in [0.2, 0.25) is 0 Å². The third kappa shape index (κ3) is 2.08. The highest BCUT2D eigenvalue weighted by Crippen LogP contribution is 2.26. The second-order valence-electron chi connectivity index (χ2n) is 6.24. The van der Waals surface area contributed by atoms with Gasteiger partial charge in [-0.15, -0.1) is 0 Å². The number of fused-ring (bicyclic) bond motifs is 3.